The van der Waals surface area contributed by atoms with Crippen LogP contribution in [0.2, 0.25) is 0 Å². The van der Waals surface area contributed by atoms with Crippen LogP contribution < -0.4 is 0 Å². The van der Waals surface area contributed by atoms with Crippen LogP contribution >= 0.6 is 0 Å². The molecule has 0 radical (unpaired) electrons. The number of carbonyl (C=O) groups is 2. The van der Waals surface area contributed by atoms with Crippen molar-refractivity contribution in [2.45, 2.75) is 13.0 Å². The zero-order valence-corrected chi connectivity index (χ0v) is 7.96. The van der Waals surface area contributed by atoms with Crippen LogP contribution in [0.25, 0.3) is 0 Å². The Morgan fingerprint density at radius 1 is 1.00 bits per heavy atom. The molecule has 0 amide bonds. The van der Waals surface area contributed by atoms with Gasteiger partial charge in [-0.2, -0.15) is 0 Å². The number of hydrogen-bond acceptors (Lipinski definition) is 3. The number of aliphatic hydroxyl groups excluding tert-OH is 1. The van der Waals surface area contributed by atoms with Gasteiger partial charge < -0.3 is 15.3 Å². The van der Waals surface area contributed by atoms with E-state index in [1.807, 2.05) is 30.3 Å². The Hall–Kier alpha value is -1.88. The summed E-state index contributed by atoms with van der Waals surface area (Å²) in [5.41, 5.74) is 0.965. The fourth-order valence-electron chi connectivity index (χ4n) is 0.713. The molecule has 0 aliphatic carbocycles. The minimum atomic E-state index is -1.31. The molecular formula is C10H12O5. The summed E-state index contributed by atoms with van der Waals surface area (Å²) in [7, 11) is 0. The number of carboxylic acids is 2. The fraction of sp³-hybridized carbons (Fsp3) is 0.200. The van der Waals surface area contributed by atoms with E-state index in [9.17, 15) is 9.59 Å². The van der Waals surface area contributed by atoms with Crippen molar-refractivity contribution in [3.63, 3.8) is 0 Å². The summed E-state index contributed by atoms with van der Waals surface area (Å²) >= 11 is 0. The molecule has 82 valence electrons. The summed E-state index contributed by atoms with van der Waals surface area (Å²) < 4.78 is 0. The maximum atomic E-state index is 9.43. The van der Waals surface area contributed by atoms with Crippen molar-refractivity contribution >= 4 is 11.9 Å². The first-order valence-corrected chi connectivity index (χ1v) is 4.14. The van der Waals surface area contributed by atoms with Crippen molar-refractivity contribution in [2.75, 3.05) is 0 Å². The maximum absolute atomic E-state index is 9.43. The molecular weight excluding hydrogens is 200 g/mol. The van der Waals surface area contributed by atoms with Gasteiger partial charge in [-0.1, -0.05) is 30.3 Å². The Kier molecular flexibility index (Phi) is 6.57. The SMILES string of the molecule is O=C(O)CC(=O)O.OCc1ccccc1. The lowest BCUT2D eigenvalue weighted by molar-refractivity contribution is -0.147. The molecule has 0 unspecified atom stereocenters. The van der Waals surface area contributed by atoms with Crippen LogP contribution in [0.15, 0.2) is 30.3 Å². The van der Waals surface area contributed by atoms with Gasteiger partial charge in [0, 0.05) is 0 Å². The third kappa shape index (κ3) is 8.45. The number of rotatable bonds is 3. The van der Waals surface area contributed by atoms with Gasteiger partial charge in [-0.3, -0.25) is 9.59 Å². The van der Waals surface area contributed by atoms with E-state index in [4.69, 9.17) is 15.3 Å². The van der Waals surface area contributed by atoms with Crippen molar-refractivity contribution < 1.29 is 24.9 Å². The lowest BCUT2D eigenvalue weighted by Gasteiger charge is -1.89. The zero-order chi connectivity index (χ0) is 11.7. The minimum Gasteiger partial charge on any atom is -0.481 e. The molecule has 0 atom stereocenters. The molecule has 3 N–H and O–H groups in total. The molecule has 0 fully saturated rings. The van der Waals surface area contributed by atoms with Crippen molar-refractivity contribution in [1.82, 2.24) is 0 Å². The van der Waals surface area contributed by atoms with Gasteiger partial charge in [-0.15, -0.1) is 0 Å². The second-order valence-electron chi connectivity index (χ2n) is 2.61. The number of hydrogen-bond donors (Lipinski definition) is 3. The summed E-state index contributed by atoms with van der Waals surface area (Å²) in [6, 6.07) is 9.52. The van der Waals surface area contributed by atoms with Crippen LogP contribution in [0.4, 0.5) is 0 Å². The van der Waals surface area contributed by atoms with Crippen LogP contribution in [0.1, 0.15) is 12.0 Å². The maximum Gasteiger partial charge on any atom is 0.314 e. The highest BCUT2D eigenvalue weighted by Crippen LogP contribution is 1.95. The highest BCUT2D eigenvalue weighted by Gasteiger charge is 2.01. The Bertz CT molecular complexity index is 295. The van der Waals surface area contributed by atoms with E-state index in [2.05, 4.69) is 0 Å². The van der Waals surface area contributed by atoms with Crippen LogP contribution in [-0.2, 0) is 16.2 Å². The van der Waals surface area contributed by atoms with E-state index in [-0.39, 0.29) is 6.61 Å². The minimum absolute atomic E-state index is 0.140. The van der Waals surface area contributed by atoms with Crippen LogP contribution in [0.3, 0.4) is 0 Å². The molecule has 0 aromatic heterocycles. The number of aliphatic carboxylic acids is 2. The molecule has 0 saturated heterocycles. The van der Waals surface area contributed by atoms with Gasteiger partial charge in [-0.25, -0.2) is 0 Å². The highest BCUT2D eigenvalue weighted by molar-refractivity contribution is 5.88. The first-order chi connectivity index (χ1) is 7.06. The first-order valence-electron chi connectivity index (χ1n) is 4.14. The predicted octanol–water partition coefficient (Wildman–Crippen LogP) is 0.725. The molecule has 0 spiro atoms. The Balaban J connectivity index is 0.000000265. The van der Waals surface area contributed by atoms with Gasteiger partial charge in [0.25, 0.3) is 0 Å². The van der Waals surface area contributed by atoms with E-state index in [0.717, 1.165) is 5.56 Å². The van der Waals surface area contributed by atoms with E-state index in [1.165, 1.54) is 0 Å². The van der Waals surface area contributed by atoms with Crippen LogP contribution in [0.5, 0.6) is 0 Å². The van der Waals surface area contributed by atoms with E-state index in [1.54, 1.807) is 0 Å². The van der Waals surface area contributed by atoms with Crippen molar-refractivity contribution in [1.29, 1.82) is 0 Å². The lowest BCUT2D eigenvalue weighted by atomic mass is 10.2. The molecule has 0 aliphatic rings. The topological polar surface area (TPSA) is 94.8 Å². The largest absolute Gasteiger partial charge is 0.481 e. The van der Waals surface area contributed by atoms with Gasteiger partial charge in [0.05, 0.1) is 6.61 Å². The third-order valence-electron chi connectivity index (χ3n) is 1.33. The van der Waals surface area contributed by atoms with Gasteiger partial charge in [-0.05, 0) is 5.56 Å². The monoisotopic (exact) mass is 212 g/mol. The average Bonchev–Trinajstić information content (AvgIpc) is 2.18. The standard InChI is InChI=1S/C7H8O.C3H4O4/c8-6-7-4-2-1-3-5-7;4-2(5)1-3(6)7/h1-5,8H,6H2;1H2,(H,4,5)(H,6,7). The van der Waals surface area contributed by atoms with Crippen LogP contribution in [0, 0.1) is 0 Å². The Morgan fingerprint density at radius 3 is 1.67 bits per heavy atom. The van der Waals surface area contributed by atoms with E-state index >= 15 is 0 Å². The predicted molar refractivity (Wildman–Crippen MR) is 52.3 cm³/mol. The first kappa shape index (κ1) is 13.1. The lowest BCUT2D eigenvalue weighted by Crippen LogP contribution is -2.03. The highest BCUT2D eigenvalue weighted by atomic mass is 16.4. The summed E-state index contributed by atoms with van der Waals surface area (Å²) in [5.74, 6) is -2.62. The Morgan fingerprint density at radius 2 is 1.47 bits per heavy atom. The number of benzene rings is 1. The van der Waals surface area contributed by atoms with Gasteiger partial charge >= 0.3 is 11.9 Å². The molecule has 5 heteroatoms. The van der Waals surface area contributed by atoms with Gasteiger partial charge in [0.1, 0.15) is 6.42 Å². The molecule has 1 rings (SSSR count). The number of carboxylic acid groups (broad SMARTS) is 2. The second kappa shape index (κ2) is 7.52. The zero-order valence-electron chi connectivity index (χ0n) is 7.96. The van der Waals surface area contributed by atoms with Crippen LogP contribution in [-0.4, -0.2) is 27.3 Å². The summed E-state index contributed by atoms with van der Waals surface area (Å²) in [5, 5.41) is 23.9. The molecule has 0 bridgehead atoms. The van der Waals surface area contributed by atoms with E-state index < -0.39 is 18.4 Å². The molecule has 15 heavy (non-hydrogen) atoms. The number of aliphatic hydroxyl groups is 1. The van der Waals surface area contributed by atoms with Gasteiger partial charge in [0.2, 0.25) is 0 Å². The average molecular weight is 212 g/mol. The molecule has 0 heterocycles. The molecule has 5 nitrogen and oxygen atoms in total. The molecule has 1 aromatic carbocycles. The summed E-state index contributed by atoms with van der Waals surface area (Å²) in [6.07, 6.45) is -0.806. The smallest absolute Gasteiger partial charge is 0.314 e. The summed E-state index contributed by atoms with van der Waals surface area (Å²) in [4.78, 5) is 18.9. The van der Waals surface area contributed by atoms with Gasteiger partial charge in [0.15, 0.2) is 0 Å². The second-order valence-corrected chi connectivity index (χ2v) is 2.61. The molecule has 0 aliphatic heterocycles. The quantitative estimate of drug-likeness (QED) is 0.642. The van der Waals surface area contributed by atoms with Crippen molar-refractivity contribution in [2.24, 2.45) is 0 Å². The third-order valence-corrected chi connectivity index (χ3v) is 1.33. The van der Waals surface area contributed by atoms with Crippen molar-refractivity contribution in [3.8, 4) is 0 Å². The Labute approximate surface area is 86.6 Å². The van der Waals surface area contributed by atoms with E-state index in [0.29, 0.717) is 0 Å². The molecule has 0 saturated carbocycles. The summed E-state index contributed by atoms with van der Waals surface area (Å²) in [6.45, 7) is 0.140. The van der Waals surface area contributed by atoms with Crippen molar-refractivity contribution in [3.05, 3.63) is 35.9 Å². The fourth-order valence-corrected chi connectivity index (χ4v) is 0.713. The molecule has 1 aromatic rings. The normalized spacial score (nSPS) is 8.60.